The highest BCUT2D eigenvalue weighted by Gasteiger charge is 2.26. The van der Waals surface area contributed by atoms with Crippen molar-refractivity contribution in [1.29, 1.82) is 5.26 Å². The molecule has 0 spiro atoms. The summed E-state index contributed by atoms with van der Waals surface area (Å²) >= 11 is 0. The number of hydrogen-bond acceptors (Lipinski definition) is 5. The van der Waals surface area contributed by atoms with Crippen molar-refractivity contribution in [1.82, 2.24) is 4.98 Å². The Morgan fingerprint density at radius 3 is 2.62 bits per heavy atom. The van der Waals surface area contributed by atoms with Gasteiger partial charge >= 0.3 is 5.97 Å². The van der Waals surface area contributed by atoms with E-state index in [0.29, 0.717) is 24.2 Å². The predicted molar refractivity (Wildman–Crippen MR) is 122 cm³/mol. The fourth-order valence-electron chi connectivity index (χ4n) is 3.97. The van der Waals surface area contributed by atoms with Crippen LogP contribution in [0, 0.1) is 18.3 Å². The second-order valence-electron chi connectivity index (χ2n) is 7.42. The van der Waals surface area contributed by atoms with Crippen LogP contribution >= 0.6 is 0 Å². The average Bonchev–Trinajstić information content (AvgIpc) is 3.18. The van der Waals surface area contributed by atoms with E-state index in [2.05, 4.69) is 16.4 Å². The molecule has 0 atom stereocenters. The Labute approximate surface area is 186 Å². The van der Waals surface area contributed by atoms with Crippen molar-refractivity contribution in [3.05, 3.63) is 65.2 Å². The van der Waals surface area contributed by atoms with Crippen molar-refractivity contribution in [2.24, 2.45) is 0 Å². The first-order valence-electron chi connectivity index (χ1n) is 10.5. The average molecular weight is 430 g/mol. The molecule has 7 heteroatoms. The zero-order valence-electron chi connectivity index (χ0n) is 18.4. The van der Waals surface area contributed by atoms with Gasteiger partial charge < -0.3 is 9.47 Å². The SMILES string of the molecule is CCOC(=O)CCc1c(C)c(C#N)c2[nH]c3ccccc3[n+]2c1Nc1ccc(OC)cc1. The molecule has 0 saturated heterocycles. The number of anilines is 2. The number of nitrogens with one attached hydrogen (secondary N) is 2. The molecule has 2 heterocycles. The molecule has 0 aliphatic rings. The van der Waals surface area contributed by atoms with E-state index in [0.717, 1.165) is 39.4 Å². The van der Waals surface area contributed by atoms with Gasteiger partial charge in [-0.2, -0.15) is 9.66 Å². The first-order chi connectivity index (χ1) is 15.6. The van der Waals surface area contributed by atoms with Gasteiger partial charge in [-0.1, -0.05) is 12.1 Å². The second-order valence-corrected chi connectivity index (χ2v) is 7.42. The number of pyridine rings is 1. The molecule has 0 aliphatic heterocycles. The summed E-state index contributed by atoms with van der Waals surface area (Å²) in [6.07, 6.45) is 0.672. The number of carbonyl (C=O) groups is 1. The van der Waals surface area contributed by atoms with E-state index in [1.165, 1.54) is 0 Å². The maximum absolute atomic E-state index is 12.1. The highest BCUT2D eigenvalue weighted by atomic mass is 16.5. The zero-order chi connectivity index (χ0) is 22.7. The molecule has 0 fully saturated rings. The Morgan fingerprint density at radius 2 is 1.94 bits per heavy atom. The minimum absolute atomic E-state index is 0.227. The van der Waals surface area contributed by atoms with Crippen LogP contribution in [0.4, 0.5) is 11.5 Å². The van der Waals surface area contributed by atoms with E-state index in [1.54, 1.807) is 14.0 Å². The third-order valence-corrected chi connectivity index (χ3v) is 5.54. The number of esters is 1. The van der Waals surface area contributed by atoms with Crippen LogP contribution < -0.4 is 14.5 Å². The first kappa shape index (κ1) is 21.2. The number of H-pyrrole nitrogens is 1. The van der Waals surface area contributed by atoms with E-state index in [4.69, 9.17) is 9.47 Å². The summed E-state index contributed by atoms with van der Waals surface area (Å²) in [7, 11) is 1.63. The minimum atomic E-state index is -0.259. The number of fused-ring (bicyclic) bond motifs is 3. The highest BCUT2D eigenvalue weighted by Crippen LogP contribution is 2.29. The van der Waals surface area contributed by atoms with Gasteiger partial charge in [0.15, 0.2) is 0 Å². The summed E-state index contributed by atoms with van der Waals surface area (Å²) in [5, 5.41) is 13.5. The van der Waals surface area contributed by atoms with Gasteiger partial charge in [0, 0.05) is 12.0 Å². The molecule has 0 bridgehead atoms. The molecule has 0 saturated carbocycles. The smallest absolute Gasteiger partial charge is 0.306 e. The fourth-order valence-corrected chi connectivity index (χ4v) is 3.97. The standard InChI is InChI=1S/C25H24N4O3/c1-4-32-23(30)14-13-19-16(2)20(15-26)25-28-21-7-5-6-8-22(21)29(25)24(19)27-17-9-11-18(31-3)12-10-17/h5-12H,4,13-14H2,1-3H3,(H,27,28)/p+1. The molecule has 162 valence electrons. The number of methoxy groups -OCH3 is 1. The number of nitrogens with zero attached hydrogens (tertiary/aromatic N) is 2. The number of imidazole rings is 1. The Bertz CT molecular complexity index is 1330. The molecule has 0 radical (unpaired) electrons. The monoisotopic (exact) mass is 429 g/mol. The van der Waals surface area contributed by atoms with Crippen LogP contribution in [0.2, 0.25) is 0 Å². The number of benzene rings is 2. The van der Waals surface area contributed by atoms with Gasteiger partial charge in [0.25, 0.3) is 0 Å². The number of carbonyl (C=O) groups excluding carboxylic acids is 1. The van der Waals surface area contributed by atoms with E-state index >= 15 is 0 Å². The van der Waals surface area contributed by atoms with Crippen molar-refractivity contribution in [2.75, 3.05) is 19.0 Å². The van der Waals surface area contributed by atoms with Gasteiger partial charge in [0.2, 0.25) is 11.5 Å². The van der Waals surface area contributed by atoms with Gasteiger partial charge in [-0.25, -0.2) is 0 Å². The first-order valence-corrected chi connectivity index (χ1v) is 10.5. The van der Waals surface area contributed by atoms with Crippen LogP contribution in [0.15, 0.2) is 48.5 Å². The highest BCUT2D eigenvalue weighted by molar-refractivity contribution is 5.79. The van der Waals surface area contributed by atoms with Crippen LogP contribution in [-0.2, 0) is 16.0 Å². The number of para-hydroxylation sites is 2. The third-order valence-electron chi connectivity index (χ3n) is 5.54. The molecule has 2 aromatic carbocycles. The molecule has 0 unspecified atom stereocenters. The van der Waals surface area contributed by atoms with Gasteiger partial charge in [0.1, 0.15) is 28.4 Å². The number of ether oxygens (including phenoxy) is 2. The fraction of sp³-hybridized carbons (Fsp3) is 0.240. The Hall–Kier alpha value is -4.05. The van der Waals surface area contributed by atoms with Crippen LogP contribution in [0.1, 0.15) is 30.0 Å². The molecule has 2 N–H and O–H groups in total. The van der Waals surface area contributed by atoms with Gasteiger partial charge in [-0.15, -0.1) is 0 Å². The van der Waals surface area contributed by atoms with E-state index < -0.39 is 0 Å². The largest absolute Gasteiger partial charge is 0.497 e. The maximum Gasteiger partial charge on any atom is 0.306 e. The number of hydrogen-bond donors (Lipinski definition) is 2. The normalized spacial score (nSPS) is 10.8. The van der Waals surface area contributed by atoms with Crippen molar-refractivity contribution in [3.63, 3.8) is 0 Å². The molecule has 4 rings (SSSR count). The van der Waals surface area contributed by atoms with Crippen molar-refractivity contribution >= 4 is 34.2 Å². The summed E-state index contributed by atoms with van der Waals surface area (Å²) in [6.45, 7) is 4.06. The molecular weight excluding hydrogens is 404 g/mol. The van der Waals surface area contributed by atoms with Crippen LogP contribution in [0.25, 0.3) is 16.7 Å². The zero-order valence-corrected chi connectivity index (χ0v) is 18.4. The number of nitriles is 1. The Morgan fingerprint density at radius 1 is 1.19 bits per heavy atom. The summed E-state index contributed by atoms with van der Waals surface area (Å²) in [4.78, 5) is 15.5. The number of aromatic nitrogens is 2. The predicted octanol–water partition coefficient (Wildman–Crippen LogP) is 4.33. The molecule has 4 aromatic rings. The van der Waals surface area contributed by atoms with Crippen LogP contribution in [0.3, 0.4) is 0 Å². The molecule has 32 heavy (non-hydrogen) atoms. The summed E-state index contributed by atoms with van der Waals surface area (Å²) < 4.78 is 12.4. The lowest BCUT2D eigenvalue weighted by Gasteiger charge is -2.14. The Balaban J connectivity index is 1.94. The van der Waals surface area contributed by atoms with Crippen LogP contribution in [-0.4, -0.2) is 24.7 Å². The third kappa shape index (κ3) is 3.83. The molecule has 0 amide bonds. The lowest BCUT2D eigenvalue weighted by atomic mass is 10.00. The molecule has 0 aliphatic carbocycles. The summed E-state index contributed by atoms with van der Waals surface area (Å²) in [5.74, 6) is 1.31. The van der Waals surface area contributed by atoms with E-state index in [1.807, 2.05) is 59.9 Å². The van der Waals surface area contributed by atoms with Crippen molar-refractivity contribution < 1.29 is 18.7 Å². The number of aromatic amines is 1. The van der Waals surface area contributed by atoms with Gasteiger partial charge in [-0.05, 0) is 62.2 Å². The summed E-state index contributed by atoms with van der Waals surface area (Å²) in [5.41, 5.74) is 5.72. The molecule has 2 aromatic heterocycles. The summed E-state index contributed by atoms with van der Waals surface area (Å²) in [6, 6.07) is 17.9. The Kier molecular flexibility index (Phi) is 5.95. The molecule has 7 nitrogen and oxygen atoms in total. The topological polar surface area (TPSA) is 91.2 Å². The quantitative estimate of drug-likeness (QED) is 0.337. The minimum Gasteiger partial charge on any atom is -0.497 e. The second kappa shape index (κ2) is 8.98. The lowest BCUT2D eigenvalue weighted by molar-refractivity contribution is -0.465. The van der Waals surface area contributed by atoms with Crippen molar-refractivity contribution in [2.45, 2.75) is 26.7 Å². The van der Waals surface area contributed by atoms with Gasteiger partial charge in [-0.3, -0.25) is 15.1 Å². The van der Waals surface area contributed by atoms with Crippen LogP contribution in [0.5, 0.6) is 5.75 Å². The maximum atomic E-state index is 12.1. The van der Waals surface area contributed by atoms with E-state index in [9.17, 15) is 10.1 Å². The lowest BCUT2D eigenvalue weighted by Crippen LogP contribution is -2.29. The number of rotatable bonds is 7. The van der Waals surface area contributed by atoms with Gasteiger partial charge in [0.05, 0.1) is 19.4 Å². The molecular formula is C25H25N4O3+. The van der Waals surface area contributed by atoms with Crippen molar-refractivity contribution in [3.8, 4) is 11.8 Å². The van der Waals surface area contributed by atoms with E-state index in [-0.39, 0.29) is 12.4 Å².